The summed E-state index contributed by atoms with van der Waals surface area (Å²) in [5.74, 6) is -0.389. The van der Waals surface area contributed by atoms with E-state index in [0.29, 0.717) is 5.56 Å². The molecule has 0 aliphatic carbocycles. The summed E-state index contributed by atoms with van der Waals surface area (Å²) in [6.45, 7) is 5.80. The first-order valence-electron chi connectivity index (χ1n) is 8.17. The molecule has 2 aromatic carbocycles. The van der Waals surface area contributed by atoms with Crippen LogP contribution < -0.4 is 0 Å². The van der Waals surface area contributed by atoms with Gasteiger partial charge < -0.3 is 4.74 Å². The Hall–Kier alpha value is -1.76. The first kappa shape index (κ1) is 18.0. The van der Waals surface area contributed by atoms with E-state index in [1.165, 1.54) is 10.4 Å². The van der Waals surface area contributed by atoms with Gasteiger partial charge in [0.1, 0.15) is 5.82 Å². The molecule has 0 spiro atoms. The Morgan fingerprint density at radius 2 is 1.76 bits per heavy atom. The molecule has 0 N–H and O–H groups in total. The second-order valence-corrected chi connectivity index (χ2v) is 8.85. The number of rotatable bonds is 3. The Kier molecular flexibility index (Phi) is 4.70. The third-order valence-electron chi connectivity index (χ3n) is 4.51. The quantitative estimate of drug-likeness (QED) is 0.836. The fraction of sp³-hybridized carbons (Fsp3) is 0.368. The summed E-state index contributed by atoms with van der Waals surface area (Å²) in [6, 6.07) is 13.1. The van der Waals surface area contributed by atoms with E-state index in [1.807, 2.05) is 20.8 Å². The van der Waals surface area contributed by atoms with Crippen LogP contribution in [-0.4, -0.2) is 31.4 Å². The highest BCUT2D eigenvalue weighted by molar-refractivity contribution is 7.89. The van der Waals surface area contributed by atoms with Crippen LogP contribution in [0.5, 0.6) is 0 Å². The molecule has 0 aromatic heterocycles. The summed E-state index contributed by atoms with van der Waals surface area (Å²) in [7, 11) is -3.71. The van der Waals surface area contributed by atoms with Crippen molar-refractivity contribution in [3.63, 3.8) is 0 Å². The van der Waals surface area contributed by atoms with Crippen LogP contribution in [0.1, 0.15) is 31.1 Å². The molecule has 25 heavy (non-hydrogen) atoms. The zero-order chi connectivity index (χ0) is 18.2. The Morgan fingerprint density at radius 3 is 2.40 bits per heavy atom. The van der Waals surface area contributed by atoms with Crippen molar-refractivity contribution in [2.75, 3.05) is 13.2 Å². The van der Waals surface area contributed by atoms with Crippen molar-refractivity contribution in [2.24, 2.45) is 0 Å². The number of ether oxygens (including phenoxy) is 1. The lowest BCUT2D eigenvalue weighted by atomic mass is 10.0. The molecule has 2 aromatic rings. The van der Waals surface area contributed by atoms with Gasteiger partial charge in [-0.15, -0.1) is 0 Å². The van der Waals surface area contributed by atoms with Gasteiger partial charge in [-0.05, 0) is 39.0 Å². The van der Waals surface area contributed by atoms with E-state index in [4.69, 9.17) is 4.74 Å². The molecule has 1 atom stereocenters. The highest BCUT2D eigenvalue weighted by atomic mass is 32.2. The van der Waals surface area contributed by atoms with Crippen LogP contribution in [0.2, 0.25) is 0 Å². The van der Waals surface area contributed by atoms with E-state index in [1.54, 1.807) is 42.5 Å². The molecule has 1 heterocycles. The maximum Gasteiger partial charge on any atom is 0.243 e. The second kappa shape index (κ2) is 6.52. The van der Waals surface area contributed by atoms with Crippen LogP contribution in [0.25, 0.3) is 0 Å². The number of benzene rings is 2. The highest BCUT2D eigenvalue weighted by Gasteiger charge is 2.43. The van der Waals surface area contributed by atoms with E-state index in [2.05, 4.69) is 0 Å². The number of hydrogen-bond acceptors (Lipinski definition) is 3. The summed E-state index contributed by atoms with van der Waals surface area (Å²) in [4.78, 5) is 0.236. The topological polar surface area (TPSA) is 46.6 Å². The molecule has 3 rings (SSSR count). The minimum atomic E-state index is -3.71. The zero-order valence-electron chi connectivity index (χ0n) is 14.6. The van der Waals surface area contributed by atoms with Gasteiger partial charge >= 0.3 is 0 Å². The third-order valence-corrected chi connectivity index (χ3v) is 6.60. The van der Waals surface area contributed by atoms with Gasteiger partial charge in [-0.25, -0.2) is 12.8 Å². The van der Waals surface area contributed by atoms with E-state index in [9.17, 15) is 12.8 Å². The van der Waals surface area contributed by atoms with Crippen LogP contribution in [0, 0.1) is 12.7 Å². The molecule has 1 saturated heterocycles. The molecule has 1 unspecified atom stereocenters. The molecule has 1 fully saturated rings. The van der Waals surface area contributed by atoms with E-state index >= 15 is 0 Å². The zero-order valence-corrected chi connectivity index (χ0v) is 15.4. The Balaban J connectivity index is 1.97. The molecule has 0 radical (unpaired) electrons. The van der Waals surface area contributed by atoms with Crippen LogP contribution in [0.4, 0.5) is 4.39 Å². The number of halogens is 1. The molecule has 0 saturated carbocycles. The molecule has 4 nitrogen and oxygen atoms in total. The SMILES string of the molecule is Cc1ccc(S(=O)(=O)N2CC(c3ccccc3F)OCC2(C)C)cc1. The Bertz CT molecular complexity index is 862. The predicted octanol–water partition coefficient (Wildman–Crippen LogP) is 3.67. The monoisotopic (exact) mass is 363 g/mol. The molecular formula is C19H22FNO3S. The van der Waals surface area contributed by atoms with Crippen molar-refractivity contribution < 1.29 is 17.5 Å². The maximum absolute atomic E-state index is 14.1. The average molecular weight is 363 g/mol. The lowest BCUT2D eigenvalue weighted by Gasteiger charge is -2.44. The van der Waals surface area contributed by atoms with E-state index in [-0.39, 0.29) is 23.9 Å². The first-order valence-corrected chi connectivity index (χ1v) is 9.61. The molecule has 1 aliphatic heterocycles. The average Bonchev–Trinajstić information content (AvgIpc) is 2.55. The van der Waals surface area contributed by atoms with Gasteiger partial charge in [0.2, 0.25) is 10.0 Å². The van der Waals surface area contributed by atoms with Gasteiger partial charge in [0, 0.05) is 12.1 Å². The molecule has 1 aliphatic rings. The van der Waals surface area contributed by atoms with Crippen LogP contribution in [0.3, 0.4) is 0 Å². The first-order chi connectivity index (χ1) is 11.7. The molecule has 0 amide bonds. The van der Waals surface area contributed by atoms with Crippen LogP contribution >= 0.6 is 0 Å². The summed E-state index contributed by atoms with van der Waals surface area (Å²) in [6.07, 6.45) is -0.630. The van der Waals surface area contributed by atoms with Gasteiger partial charge in [-0.2, -0.15) is 4.31 Å². The summed E-state index contributed by atoms with van der Waals surface area (Å²) >= 11 is 0. The fourth-order valence-electron chi connectivity index (χ4n) is 3.01. The lowest BCUT2D eigenvalue weighted by molar-refractivity contribution is -0.0667. The normalized spacial score (nSPS) is 21.2. The Labute approximate surface area is 148 Å². The van der Waals surface area contributed by atoms with E-state index in [0.717, 1.165) is 5.56 Å². The van der Waals surface area contributed by atoms with Crippen LogP contribution in [0.15, 0.2) is 53.4 Å². The number of sulfonamides is 1. The van der Waals surface area contributed by atoms with Gasteiger partial charge in [-0.1, -0.05) is 35.9 Å². The number of hydrogen-bond donors (Lipinski definition) is 0. The smallest absolute Gasteiger partial charge is 0.243 e. The summed E-state index contributed by atoms with van der Waals surface area (Å²) in [5.41, 5.74) is 0.650. The number of morpholine rings is 1. The van der Waals surface area contributed by atoms with Gasteiger partial charge in [0.05, 0.1) is 23.1 Å². The maximum atomic E-state index is 14.1. The van der Waals surface area contributed by atoms with E-state index < -0.39 is 21.7 Å². The van der Waals surface area contributed by atoms with Crippen molar-refractivity contribution >= 4 is 10.0 Å². The lowest BCUT2D eigenvalue weighted by Crippen LogP contribution is -2.56. The molecule has 134 valence electrons. The van der Waals surface area contributed by atoms with Crippen molar-refractivity contribution in [1.82, 2.24) is 4.31 Å². The van der Waals surface area contributed by atoms with Gasteiger partial charge in [0.25, 0.3) is 0 Å². The van der Waals surface area contributed by atoms with Crippen molar-refractivity contribution in [3.8, 4) is 0 Å². The third kappa shape index (κ3) is 3.47. The predicted molar refractivity (Wildman–Crippen MR) is 94.2 cm³/mol. The molecular weight excluding hydrogens is 341 g/mol. The van der Waals surface area contributed by atoms with Gasteiger partial charge in [0.15, 0.2) is 0 Å². The minimum absolute atomic E-state index is 0.0736. The largest absolute Gasteiger partial charge is 0.370 e. The van der Waals surface area contributed by atoms with Crippen LogP contribution in [-0.2, 0) is 14.8 Å². The minimum Gasteiger partial charge on any atom is -0.370 e. The highest BCUT2D eigenvalue weighted by Crippen LogP contribution is 2.35. The molecule has 0 bridgehead atoms. The second-order valence-electron chi connectivity index (χ2n) is 6.98. The van der Waals surface area contributed by atoms with Crippen molar-refractivity contribution in [2.45, 2.75) is 37.3 Å². The molecule has 6 heteroatoms. The Morgan fingerprint density at radius 1 is 1.12 bits per heavy atom. The van der Waals surface area contributed by atoms with Crippen molar-refractivity contribution in [1.29, 1.82) is 0 Å². The fourth-order valence-corrected chi connectivity index (χ4v) is 4.78. The summed E-state index contributed by atoms with van der Waals surface area (Å²) in [5, 5.41) is 0. The van der Waals surface area contributed by atoms with Crippen molar-refractivity contribution in [3.05, 3.63) is 65.5 Å². The standard InChI is InChI=1S/C19H22FNO3S/c1-14-8-10-15(11-9-14)25(22,23)21-12-18(24-13-19(21,2)3)16-6-4-5-7-17(16)20/h4-11,18H,12-13H2,1-3H3. The number of aryl methyl sites for hydroxylation is 1. The number of nitrogens with zero attached hydrogens (tertiary/aromatic N) is 1. The van der Waals surface area contributed by atoms with Gasteiger partial charge in [-0.3, -0.25) is 0 Å². The summed E-state index contributed by atoms with van der Waals surface area (Å²) < 4.78 is 47.6.